The van der Waals surface area contributed by atoms with Gasteiger partial charge < -0.3 is 5.32 Å². The van der Waals surface area contributed by atoms with Crippen molar-refractivity contribution in [2.24, 2.45) is 0 Å². The van der Waals surface area contributed by atoms with Gasteiger partial charge in [0.25, 0.3) is 0 Å². The second-order valence-corrected chi connectivity index (χ2v) is 5.29. The van der Waals surface area contributed by atoms with Crippen LogP contribution >= 0.6 is 23.2 Å². The van der Waals surface area contributed by atoms with Gasteiger partial charge in [0, 0.05) is 0 Å². The van der Waals surface area contributed by atoms with Crippen molar-refractivity contribution in [3.63, 3.8) is 0 Å². The molecule has 1 atom stereocenters. The molecule has 0 spiro atoms. The zero-order chi connectivity index (χ0) is 14.9. The molecule has 1 N–H and O–H groups in total. The van der Waals surface area contributed by atoms with Gasteiger partial charge in [-0.2, -0.15) is 0 Å². The van der Waals surface area contributed by atoms with E-state index in [1.807, 2.05) is 20.8 Å². The van der Waals surface area contributed by atoms with Crippen molar-refractivity contribution < 1.29 is 4.39 Å². The van der Waals surface area contributed by atoms with Gasteiger partial charge in [-0.25, -0.2) is 9.07 Å². The summed E-state index contributed by atoms with van der Waals surface area (Å²) < 4.78 is 15.0. The van der Waals surface area contributed by atoms with Crippen molar-refractivity contribution in [1.82, 2.24) is 20.3 Å². The molecule has 1 unspecified atom stereocenters. The average Bonchev–Trinajstić information content (AvgIpc) is 2.77. The van der Waals surface area contributed by atoms with E-state index in [1.54, 1.807) is 4.68 Å². The molecule has 0 radical (unpaired) electrons. The van der Waals surface area contributed by atoms with Crippen LogP contribution in [0.2, 0.25) is 10.0 Å². The van der Waals surface area contributed by atoms with Gasteiger partial charge in [0.05, 0.1) is 27.5 Å². The van der Waals surface area contributed by atoms with Crippen LogP contribution in [0, 0.1) is 12.7 Å². The predicted molar refractivity (Wildman–Crippen MR) is 78.2 cm³/mol. The molecule has 20 heavy (non-hydrogen) atoms. The van der Waals surface area contributed by atoms with Gasteiger partial charge in [-0.05, 0) is 32.5 Å². The lowest BCUT2D eigenvalue weighted by molar-refractivity contribution is 0.579. The van der Waals surface area contributed by atoms with Crippen LogP contribution in [0.5, 0.6) is 0 Å². The first-order valence-electron chi connectivity index (χ1n) is 6.26. The summed E-state index contributed by atoms with van der Waals surface area (Å²) in [5.74, 6) is -0.629. The Morgan fingerprint density at radius 3 is 2.50 bits per heavy atom. The van der Waals surface area contributed by atoms with Crippen LogP contribution in [0.3, 0.4) is 0 Å². The quantitative estimate of drug-likeness (QED) is 0.875. The molecule has 7 heteroatoms. The molecule has 0 amide bonds. The third kappa shape index (κ3) is 2.80. The van der Waals surface area contributed by atoms with Crippen LogP contribution in [0.15, 0.2) is 12.1 Å². The molecular formula is C13H15Cl2FN4. The van der Waals surface area contributed by atoms with Crippen molar-refractivity contribution in [2.75, 3.05) is 6.54 Å². The summed E-state index contributed by atoms with van der Waals surface area (Å²) in [4.78, 5) is 0. The second-order valence-electron chi connectivity index (χ2n) is 4.47. The molecule has 4 nitrogen and oxygen atoms in total. The molecule has 0 saturated carbocycles. The van der Waals surface area contributed by atoms with Crippen molar-refractivity contribution in [3.05, 3.63) is 39.4 Å². The molecular weight excluding hydrogens is 302 g/mol. The molecule has 0 aliphatic heterocycles. The van der Waals surface area contributed by atoms with Gasteiger partial charge in [-0.1, -0.05) is 35.3 Å². The van der Waals surface area contributed by atoms with Crippen molar-refractivity contribution in [1.29, 1.82) is 0 Å². The van der Waals surface area contributed by atoms with E-state index in [4.69, 9.17) is 23.2 Å². The first-order valence-corrected chi connectivity index (χ1v) is 7.01. The fourth-order valence-electron chi connectivity index (χ4n) is 2.05. The Labute approximate surface area is 126 Å². The second kappa shape index (κ2) is 6.08. The van der Waals surface area contributed by atoms with Gasteiger partial charge >= 0.3 is 0 Å². The number of nitrogens with one attached hydrogen (secondary N) is 1. The highest BCUT2D eigenvalue weighted by molar-refractivity contribution is 6.35. The largest absolute Gasteiger partial charge is 0.309 e. The Bertz CT molecular complexity index is 604. The van der Waals surface area contributed by atoms with Crippen LogP contribution < -0.4 is 5.32 Å². The number of rotatable bonds is 4. The minimum Gasteiger partial charge on any atom is -0.309 e. The van der Waals surface area contributed by atoms with Gasteiger partial charge in [0.1, 0.15) is 5.69 Å². The van der Waals surface area contributed by atoms with Crippen LogP contribution in [0.4, 0.5) is 4.39 Å². The molecule has 0 bridgehead atoms. The van der Waals surface area contributed by atoms with Crippen molar-refractivity contribution in [2.45, 2.75) is 26.8 Å². The smallest absolute Gasteiger partial charge is 0.160 e. The summed E-state index contributed by atoms with van der Waals surface area (Å²) in [6.07, 6.45) is 0. The normalized spacial score (nSPS) is 12.7. The SMILES string of the molecule is CCNC(C)c1nnn(-c2cc(Cl)c(F)c(Cl)c2)c1C. The maximum atomic E-state index is 13.4. The lowest BCUT2D eigenvalue weighted by atomic mass is 10.2. The third-order valence-electron chi connectivity index (χ3n) is 3.06. The first-order chi connectivity index (χ1) is 9.45. The molecule has 0 fully saturated rings. The average molecular weight is 317 g/mol. The molecule has 0 aliphatic rings. The zero-order valence-electron chi connectivity index (χ0n) is 11.4. The van der Waals surface area contributed by atoms with E-state index >= 15 is 0 Å². The van der Waals surface area contributed by atoms with Gasteiger partial charge in [0.2, 0.25) is 0 Å². The highest BCUT2D eigenvalue weighted by Gasteiger charge is 2.17. The zero-order valence-corrected chi connectivity index (χ0v) is 12.9. The topological polar surface area (TPSA) is 42.7 Å². The van der Waals surface area contributed by atoms with Crippen LogP contribution in [-0.4, -0.2) is 21.5 Å². The predicted octanol–water partition coefficient (Wildman–Crippen LogP) is 3.69. The molecule has 1 aromatic heterocycles. The Morgan fingerprint density at radius 1 is 1.35 bits per heavy atom. The van der Waals surface area contributed by atoms with E-state index < -0.39 is 5.82 Å². The Hall–Kier alpha value is -1.17. The first kappa shape index (κ1) is 15.2. The van der Waals surface area contributed by atoms with Gasteiger partial charge in [-0.3, -0.25) is 0 Å². The van der Waals surface area contributed by atoms with E-state index in [1.165, 1.54) is 12.1 Å². The summed E-state index contributed by atoms with van der Waals surface area (Å²) in [5, 5.41) is 11.4. The summed E-state index contributed by atoms with van der Waals surface area (Å²) in [5.41, 5.74) is 2.28. The maximum Gasteiger partial charge on any atom is 0.160 e. The van der Waals surface area contributed by atoms with E-state index in [0.29, 0.717) is 5.69 Å². The standard InChI is InChI=1S/C13H15Cl2FN4/c1-4-17-7(2)13-8(3)20(19-18-13)9-5-10(14)12(16)11(15)6-9/h5-7,17H,4H2,1-3H3. The third-order valence-corrected chi connectivity index (χ3v) is 3.61. The molecule has 0 saturated heterocycles. The number of nitrogens with zero attached hydrogens (tertiary/aromatic N) is 3. The molecule has 2 rings (SSSR count). The minimum atomic E-state index is -0.629. The number of hydrogen-bond acceptors (Lipinski definition) is 3. The highest BCUT2D eigenvalue weighted by atomic mass is 35.5. The molecule has 108 valence electrons. The highest BCUT2D eigenvalue weighted by Crippen LogP contribution is 2.27. The number of benzene rings is 1. The van der Waals surface area contributed by atoms with E-state index in [0.717, 1.165) is 17.9 Å². The lowest BCUT2D eigenvalue weighted by Gasteiger charge is -2.11. The fraction of sp³-hybridized carbons (Fsp3) is 0.385. The van der Waals surface area contributed by atoms with Crippen LogP contribution in [0.1, 0.15) is 31.3 Å². The molecule has 0 aliphatic carbocycles. The van der Waals surface area contributed by atoms with Crippen LogP contribution in [-0.2, 0) is 0 Å². The summed E-state index contributed by atoms with van der Waals surface area (Å²) in [7, 11) is 0. The lowest BCUT2D eigenvalue weighted by Crippen LogP contribution is -2.19. The molecule has 2 aromatic rings. The van der Waals surface area contributed by atoms with Gasteiger partial charge in [-0.15, -0.1) is 5.10 Å². The number of aromatic nitrogens is 3. The number of halogens is 3. The summed E-state index contributed by atoms with van der Waals surface area (Å²) in [6, 6.07) is 3.04. The van der Waals surface area contributed by atoms with Crippen molar-refractivity contribution in [3.8, 4) is 5.69 Å². The Kier molecular flexibility index (Phi) is 4.62. The Morgan fingerprint density at radius 2 is 1.95 bits per heavy atom. The summed E-state index contributed by atoms with van der Waals surface area (Å²) in [6.45, 7) is 6.77. The van der Waals surface area contributed by atoms with Crippen LogP contribution in [0.25, 0.3) is 5.69 Å². The summed E-state index contributed by atoms with van der Waals surface area (Å²) >= 11 is 11.6. The maximum absolute atomic E-state index is 13.4. The van der Waals surface area contributed by atoms with E-state index in [-0.39, 0.29) is 16.1 Å². The van der Waals surface area contributed by atoms with E-state index in [9.17, 15) is 4.39 Å². The monoisotopic (exact) mass is 316 g/mol. The fourth-order valence-corrected chi connectivity index (χ4v) is 2.53. The molecule has 1 aromatic carbocycles. The van der Waals surface area contributed by atoms with Crippen molar-refractivity contribution >= 4 is 23.2 Å². The molecule has 1 heterocycles. The number of hydrogen-bond donors (Lipinski definition) is 1. The Balaban J connectivity index is 2.44. The van der Waals surface area contributed by atoms with E-state index in [2.05, 4.69) is 15.6 Å². The van der Waals surface area contributed by atoms with Gasteiger partial charge in [0.15, 0.2) is 5.82 Å². The minimum absolute atomic E-state index is 0.0383.